The molecular formula is C23H30ClN3O2. The van der Waals surface area contributed by atoms with E-state index in [2.05, 4.69) is 26.6 Å². The highest BCUT2D eigenvalue weighted by Gasteiger charge is 2.21. The quantitative estimate of drug-likeness (QED) is 0.633. The van der Waals surface area contributed by atoms with E-state index in [4.69, 9.17) is 16.3 Å². The van der Waals surface area contributed by atoms with Crippen LogP contribution in [-0.2, 0) is 13.0 Å². The van der Waals surface area contributed by atoms with Gasteiger partial charge in [0.05, 0.1) is 12.1 Å². The van der Waals surface area contributed by atoms with E-state index >= 15 is 0 Å². The zero-order chi connectivity index (χ0) is 20.2. The smallest absolute Gasteiger partial charge is 0.164 e. The van der Waals surface area contributed by atoms with Crippen molar-refractivity contribution >= 4 is 23.1 Å². The van der Waals surface area contributed by atoms with Crippen molar-refractivity contribution in [2.24, 2.45) is 0 Å². The predicted octanol–water partition coefficient (Wildman–Crippen LogP) is 4.27. The van der Waals surface area contributed by atoms with Gasteiger partial charge in [0, 0.05) is 62.3 Å². The van der Waals surface area contributed by atoms with Gasteiger partial charge >= 0.3 is 0 Å². The molecule has 2 aromatic rings. The van der Waals surface area contributed by atoms with Crippen LogP contribution in [0.15, 0.2) is 30.5 Å². The topological polar surface area (TPSA) is 37.7 Å². The van der Waals surface area contributed by atoms with Crippen LogP contribution in [0.25, 0.3) is 0 Å². The number of methoxy groups -OCH3 is 1. The zero-order valence-corrected chi connectivity index (χ0v) is 18.0. The van der Waals surface area contributed by atoms with Gasteiger partial charge < -0.3 is 14.2 Å². The van der Waals surface area contributed by atoms with Crippen LogP contribution in [0, 0.1) is 0 Å². The number of fused-ring (bicyclic) bond motifs is 1. The van der Waals surface area contributed by atoms with Crippen LogP contribution in [-0.4, -0.2) is 55.1 Å². The number of aromatic nitrogens is 1. The van der Waals surface area contributed by atoms with E-state index in [1.807, 2.05) is 18.2 Å². The van der Waals surface area contributed by atoms with Crippen LogP contribution in [0.3, 0.4) is 0 Å². The van der Waals surface area contributed by atoms with Crippen molar-refractivity contribution in [3.8, 4) is 5.75 Å². The highest BCUT2D eigenvalue weighted by Crippen LogP contribution is 2.29. The van der Waals surface area contributed by atoms with Gasteiger partial charge in [0.1, 0.15) is 5.75 Å². The number of ether oxygens (including phenoxy) is 1. The second-order valence-electron chi connectivity index (χ2n) is 8.00. The van der Waals surface area contributed by atoms with E-state index in [-0.39, 0.29) is 0 Å². The Labute approximate surface area is 178 Å². The molecule has 0 amide bonds. The first-order chi connectivity index (χ1) is 14.2. The molecule has 6 heteroatoms. The highest BCUT2D eigenvalue weighted by molar-refractivity contribution is 6.32. The zero-order valence-electron chi connectivity index (χ0n) is 17.2. The lowest BCUT2D eigenvalue weighted by Gasteiger charge is -2.36. The Bertz CT molecular complexity index is 856. The average molecular weight is 416 g/mol. The van der Waals surface area contributed by atoms with Gasteiger partial charge in [0.15, 0.2) is 5.78 Å². The Hall–Kier alpha value is -1.98. The van der Waals surface area contributed by atoms with Crippen LogP contribution in [0.5, 0.6) is 5.75 Å². The molecule has 4 rings (SSSR count). The Kier molecular flexibility index (Phi) is 6.46. The predicted molar refractivity (Wildman–Crippen MR) is 118 cm³/mol. The number of carbonyl (C=O) groups is 1. The summed E-state index contributed by atoms with van der Waals surface area (Å²) in [6.07, 6.45) is 7.21. The van der Waals surface area contributed by atoms with Crippen molar-refractivity contribution in [1.82, 2.24) is 9.47 Å². The number of unbranched alkanes of at least 4 members (excludes halogenated alkanes) is 1. The van der Waals surface area contributed by atoms with Crippen molar-refractivity contribution < 1.29 is 9.53 Å². The molecule has 156 valence electrons. The average Bonchev–Trinajstić information content (AvgIpc) is 3.16. The van der Waals surface area contributed by atoms with E-state index in [0.717, 1.165) is 69.8 Å². The van der Waals surface area contributed by atoms with Crippen molar-refractivity contribution in [2.45, 2.75) is 38.6 Å². The second kappa shape index (κ2) is 9.23. The summed E-state index contributed by atoms with van der Waals surface area (Å²) in [6.45, 7) is 6.37. The number of ketones is 1. The van der Waals surface area contributed by atoms with Crippen LogP contribution in [0.2, 0.25) is 5.02 Å². The van der Waals surface area contributed by atoms with E-state index in [0.29, 0.717) is 17.2 Å². The summed E-state index contributed by atoms with van der Waals surface area (Å²) in [5, 5.41) is 0.668. The van der Waals surface area contributed by atoms with Crippen molar-refractivity contribution in [1.29, 1.82) is 0 Å². The second-order valence-corrected chi connectivity index (χ2v) is 8.41. The fraction of sp³-hybridized carbons (Fsp3) is 0.522. The molecule has 0 spiro atoms. The number of benzene rings is 1. The lowest BCUT2D eigenvalue weighted by atomic mass is 9.97. The third-order valence-corrected chi connectivity index (χ3v) is 6.49. The summed E-state index contributed by atoms with van der Waals surface area (Å²) in [4.78, 5) is 16.9. The highest BCUT2D eigenvalue weighted by atomic mass is 35.5. The van der Waals surface area contributed by atoms with Gasteiger partial charge in [0.25, 0.3) is 0 Å². The minimum absolute atomic E-state index is 0.320. The number of halogens is 1. The molecule has 0 N–H and O–H groups in total. The monoisotopic (exact) mass is 415 g/mol. The van der Waals surface area contributed by atoms with Gasteiger partial charge in [-0.05, 0) is 56.5 Å². The Morgan fingerprint density at radius 2 is 1.83 bits per heavy atom. The maximum atomic E-state index is 12.0. The molecular weight excluding hydrogens is 386 g/mol. The van der Waals surface area contributed by atoms with Crippen LogP contribution in [0.4, 0.5) is 5.69 Å². The number of hydrogen-bond acceptors (Lipinski definition) is 4. The molecule has 2 aliphatic rings. The third-order valence-electron chi connectivity index (χ3n) is 6.19. The van der Waals surface area contributed by atoms with Gasteiger partial charge in [0.2, 0.25) is 0 Å². The molecule has 0 bridgehead atoms. The molecule has 0 atom stereocenters. The minimum Gasteiger partial charge on any atom is -0.495 e. The van der Waals surface area contributed by atoms with E-state index in [9.17, 15) is 4.79 Å². The molecule has 1 fully saturated rings. The summed E-state index contributed by atoms with van der Waals surface area (Å²) >= 11 is 6.27. The summed E-state index contributed by atoms with van der Waals surface area (Å²) in [7, 11) is 1.64. The van der Waals surface area contributed by atoms with E-state index in [1.54, 1.807) is 7.11 Å². The number of rotatable bonds is 7. The molecule has 1 aromatic carbocycles. The first-order valence-corrected chi connectivity index (χ1v) is 11.1. The van der Waals surface area contributed by atoms with Gasteiger partial charge in [-0.3, -0.25) is 9.69 Å². The number of anilines is 1. The first kappa shape index (κ1) is 20.3. The van der Waals surface area contributed by atoms with Gasteiger partial charge in [-0.25, -0.2) is 0 Å². The van der Waals surface area contributed by atoms with E-state index < -0.39 is 0 Å². The minimum atomic E-state index is 0.320. The first-order valence-electron chi connectivity index (χ1n) is 10.7. The molecule has 0 unspecified atom stereocenters. The molecule has 2 heterocycles. The maximum Gasteiger partial charge on any atom is 0.164 e. The lowest BCUT2D eigenvalue weighted by Crippen LogP contribution is -2.46. The summed E-state index contributed by atoms with van der Waals surface area (Å²) < 4.78 is 7.55. The molecule has 0 radical (unpaired) electrons. The fourth-order valence-corrected chi connectivity index (χ4v) is 4.75. The number of hydrogen-bond donors (Lipinski definition) is 0. The van der Waals surface area contributed by atoms with Crippen LogP contribution >= 0.6 is 11.6 Å². The lowest BCUT2D eigenvalue weighted by molar-refractivity contribution is 0.0971. The van der Waals surface area contributed by atoms with Crippen molar-refractivity contribution in [3.05, 3.63) is 46.7 Å². The Morgan fingerprint density at radius 1 is 1.03 bits per heavy atom. The molecule has 1 saturated heterocycles. The summed E-state index contributed by atoms with van der Waals surface area (Å²) in [6, 6.07) is 8.04. The Morgan fingerprint density at radius 3 is 2.59 bits per heavy atom. The number of Topliss-reactive ketones (excluding diaryl/α,β-unsaturated/α-hetero) is 1. The van der Waals surface area contributed by atoms with Crippen LogP contribution in [0.1, 0.15) is 41.7 Å². The number of carbonyl (C=O) groups excluding carboxylic acids is 1. The van der Waals surface area contributed by atoms with Gasteiger partial charge in [-0.2, -0.15) is 0 Å². The fourth-order valence-electron chi connectivity index (χ4n) is 4.50. The normalized spacial score (nSPS) is 17.4. The van der Waals surface area contributed by atoms with Crippen LogP contribution < -0.4 is 9.64 Å². The Balaban J connectivity index is 1.20. The molecule has 5 nitrogen and oxygen atoms in total. The summed E-state index contributed by atoms with van der Waals surface area (Å²) in [5.41, 5.74) is 3.39. The standard InChI is InChI=1S/C23H30ClN3O2/c1-29-23-8-7-18(17-20(23)24)26-15-13-25(14-16-26)10-2-3-11-27-12-9-19-21(27)5-4-6-22(19)28/h7-9,12,17H,2-6,10-11,13-16H2,1H3. The van der Waals surface area contributed by atoms with E-state index in [1.165, 1.54) is 17.8 Å². The third kappa shape index (κ3) is 4.62. The largest absolute Gasteiger partial charge is 0.495 e. The van der Waals surface area contributed by atoms with Crippen molar-refractivity contribution in [2.75, 3.05) is 44.7 Å². The molecule has 0 saturated carbocycles. The molecule has 1 aromatic heterocycles. The van der Waals surface area contributed by atoms with Gasteiger partial charge in [-0.15, -0.1) is 0 Å². The number of piperazine rings is 1. The number of nitrogens with zero attached hydrogens (tertiary/aromatic N) is 3. The molecule has 29 heavy (non-hydrogen) atoms. The maximum absolute atomic E-state index is 12.0. The number of aryl methyl sites for hydroxylation is 1. The summed E-state index contributed by atoms with van der Waals surface area (Å²) in [5.74, 6) is 1.04. The molecule has 1 aliphatic carbocycles. The molecule has 1 aliphatic heterocycles. The SMILES string of the molecule is COc1ccc(N2CCN(CCCCn3ccc4c3CCCC4=O)CC2)cc1Cl. The van der Waals surface area contributed by atoms with Crippen molar-refractivity contribution in [3.63, 3.8) is 0 Å². The van der Waals surface area contributed by atoms with Gasteiger partial charge in [-0.1, -0.05) is 11.6 Å².